The molecule has 19 heavy (non-hydrogen) atoms. The Morgan fingerprint density at radius 3 is 2.21 bits per heavy atom. The molecule has 0 aliphatic heterocycles. The van der Waals surface area contributed by atoms with Gasteiger partial charge in [0.1, 0.15) is 0 Å². The molecule has 1 aromatic rings. The van der Waals surface area contributed by atoms with Crippen molar-refractivity contribution < 1.29 is 21.9 Å². The van der Waals surface area contributed by atoms with Crippen LogP contribution in [-0.4, -0.2) is 34.1 Å². The number of hydrogen-bond donors (Lipinski definition) is 3. The van der Waals surface area contributed by atoms with Crippen molar-refractivity contribution in [1.29, 1.82) is 0 Å². The van der Waals surface area contributed by atoms with E-state index in [4.69, 9.17) is 10.2 Å². The molecule has 7 nitrogen and oxygen atoms in total. The molecule has 0 saturated carbocycles. The average Bonchev–Trinajstić information content (AvgIpc) is 2.27. The lowest BCUT2D eigenvalue weighted by molar-refractivity contribution is 0.208. The zero-order chi connectivity index (χ0) is 14.9. The largest absolute Gasteiger partial charge is 0.394 e. The molecule has 0 fully saturated rings. The lowest BCUT2D eigenvalue weighted by Gasteiger charge is -2.23. The highest BCUT2D eigenvalue weighted by Crippen LogP contribution is 2.16. The van der Waals surface area contributed by atoms with Crippen molar-refractivity contribution in [3.63, 3.8) is 0 Å². The number of sulfonamides is 2. The molecule has 0 spiro atoms. The first-order valence-electron chi connectivity index (χ1n) is 5.26. The average molecular weight is 308 g/mol. The van der Waals surface area contributed by atoms with Crippen molar-refractivity contribution in [2.45, 2.75) is 29.2 Å². The molecule has 0 aliphatic rings. The molecule has 0 heterocycles. The van der Waals surface area contributed by atoms with Crippen molar-refractivity contribution in [2.75, 3.05) is 6.61 Å². The van der Waals surface area contributed by atoms with Crippen molar-refractivity contribution in [2.24, 2.45) is 5.14 Å². The second-order valence-corrected chi connectivity index (χ2v) is 7.91. The van der Waals surface area contributed by atoms with Gasteiger partial charge in [-0.25, -0.2) is 26.7 Å². The van der Waals surface area contributed by atoms with Crippen molar-refractivity contribution in [3.8, 4) is 0 Å². The van der Waals surface area contributed by atoms with Gasteiger partial charge in [-0.05, 0) is 32.0 Å². The van der Waals surface area contributed by atoms with E-state index in [0.29, 0.717) is 0 Å². The maximum Gasteiger partial charge on any atom is 0.241 e. The quantitative estimate of drug-likeness (QED) is 0.668. The first kappa shape index (κ1) is 16.1. The van der Waals surface area contributed by atoms with Gasteiger partial charge in [-0.15, -0.1) is 0 Å². The molecule has 1 rings (SSSR count). The SMILES string of the molecule is CC(C)(CO)NS(=O)(=O)c1cccc(S(N)(=O)=O)c1. The van der Waals surface area contributed by atoms with Gasteiger partial charge in [-0.2, -0.15) is 0 Å². The number of primary sulfonamides is 1. The smallest absolute Gasteiger partial charge is 0.241 e. The summed E-state index contributed by atoms with van der Waals surface area (Å²) in [4.78, 5) is -0.530. The fraction of sp³-hybridized carbons (Fsp3) is 0.400. The molecule has 1 aromatic carbocycles. The molecule has 0 saturated heterocycles. The predicted molar refractivity (Wildman–Crippen MR) is 69.3 cm³/mol. The van der Waals surface area contributed by atoms with Crippen LogP contribution in [0, 0.1) is 0 Å². The molecule has 4 N–H and O–H groups in total. The van der Waals surface area contributed by atoms with Gasteiger partial charge in [0.25, 0.3) is 0 Å². The Kier molecular flexibility index (Phi) is 4.37. The normalized spacial score (nSPS) is 13.5. The van der Waals surface area contributed by atoms with Crippen LogP contribution >= 0.6 is 0 Å². The molecule has 0 radical (unpaired) electrons. The molecule has 108 valence electrons. The molecule has 0 unspecified atom stereocenters. The van der Waals surface area contributed by atoms with E-state index in [1.54, 1.807) is 0 Å². The molecule has 9 heteroatoms. The van der Waals surface area contributed by atoms with Crippen LogP contribution in [0.1, 0.15) is 13.8 Å². The lowest BCUT2D eigenvalue weighted by Crippen LogP contribution is -2.46. The number of rotatable bonds is 5. The maximum atomic E-state index is 12.0. The van der Waals surface area contributed by atoms with Crippen LogP contribution in [0.3, 0.4) is 0 Å². The van der Waals surface area contributed by atoms with E-state index >= 15 is 0 Å². The second kappa shape index (κ2) is 5.17. The minimum Gasteiger partial charge on any atom is -0.394 e. The minimum absolute atomic E-state index is 0.236. The van der Waals surface area contributed by atoms with Gasteiger partial charge in [-0.3, -0.25) is 0 Å². The maximum absolute atomic E-state index is 12.0. The Hall–Kier alpha value is -1.00. The fourth-order valence-corrected chi connectivity index (χ4v) is 3.36. The van der Waals surface area contributed by atoms with Crippen LogP contribution in [0.15, 0.2) is 34.1 Å². The second-order valence-electron chi connectivity index (χ2n) is 4.67. The Labute approximate surface area is 112 Å². The highest BCUT2D eigenvalue weighted by Gasteiger charge is 2.26. The van der Waals surface area contributed by atoms with Crippen LogP contribution in [0.5, 0.6) is 0 Å². The van der Waals surface area contributed by atoms with Crippen LogP contribution < -0.4 is 9.86 Å². The third-order valence-electron chi connectivity index (χ3n) is 2.25. The van der Waals surface area contributed by atoms with Crippen LogP contribution in [-0.2, 0) is 20.0 Å². The fourth-order valence-electron chi connectivity index (χ4n) is 1.27. The number of nitrogens with two attached hydrogens (primary N) is 1. The van der Waals surface area contributed by atoms with E-state index in [1.165, 1.54) is 32.0 Å². The first-order valence-corrected chi connectivity index (χ1v) is 8.29. The zero-order valence-electron chi connectivity index (χ0n) is 10.5. The summed E-state index contributed by atoms with van der Waals surface area (Å²) in [6.45, 7) is 2.59. The van der Waals surface area contributed by atoms with Crippen LogP contribution in [0.2, 0.25) is 0 Å². The number of hydrogen-bond acceptors (Lipinski definition) is 5. The third-order valence-corrected chi connectivity index (χ3v) is 4.86. The van der Waals surface area contributed by atoms with Crippen LogP contribution in [0.4, 0.5) is 0 Å². The van der Waals surface area contributed by atoms with E-state index in [1.807, 2.05) is 0 Å². The molecular weight excluding hydrogens is 292 g/mol. The first-order chi connectivity index (χ1) is 8.48. The van der Waals surface area contributed by atoms with Crippen molar-refractivity contribution in [1.82, 2.24) is 4.72 Å². The number of benzene rings is 1. The summed E-state index contributed by atoms with van der Waals surface area (Å²) < 4.78 is 48.7. The van der Waals surface area contributed by atoms with Gasteiger partial charge in [0.05, 0.1) is 21.9 Å². The van der Waals surface area contributed by atoms with Gasteiger partial charge >= 0.3 is 0 Å². The Morgan fingerprint density at radius 1 is 1.21 bits per heavy atom. The Balaban J connectivity index is 3.24. The number of nitrogens with one attached hydrogen (secondary N) is 1. The molecule has 0 amide bonds. The summed E-state index contributed by atoms with van der Waals surface area (Å²) in [5, 5.41) is 14.0. The van der Waals surface area contributed by atoms with E-state index in [9.17, 15) is 16.8 Å². The summed E-state index contributed by atoms with van der Waals surface area (Å²) in [6.07, 6.45) is 0. The van der Waals surface area contributed by atoms with Crippen molar-refractivity contribution in [3.05, 3.63) is 24.3 Å². The zero-order valence-corrected chi connectivity index (χ0v) is 12.1. The summed E-state index contributed by atoms with van der Waals surface area (Å²) in [6, 6.07) is 4.68. The van der Waals surface area contributed by atoms with E-state index in [2.05, 4.69) is 4.72 Å². The predicted octanol–water partition coefficient (Wildman–Crippen LogP) is -0.617. The van der Waals surface area contributed by atoms with Gasteiger partial charge in [0, 0.05) is 0 Å². The van der Waals surface area contributed by atoms with Crippen molar-refractivity contribution >= 4 is 20.0 Å². The molecular formula is C10H16N2O5S2. The highest BCUT2D eigenvalue weighted by molar-refractivity contribution is 7.90. The number of aliphatic hydroxyl groups excluding tert-OH is 1. The van der Waals surface area contributed by atoms with Gasteiger partial charge in [-0.1, -0.05) is 6.07 Å². The molecule has 0 aromatic heterocycles. The van der Waals surface area contributed by atoms with E-state index < -0.39 is 32.2 Å². The topological polar surface area (TPSA) is 127 Å². The number of aliphatic hydroxyl groups is 1. The van der Waals surface area contributed by atoms with E-state index in [0.717, 1.165) is 6.07 Å². The molecule has 0 atom stereocenters. The van der Waals surface area contributed by atoms with Gasteiger partial charge < -0.3 is 5.11 Å². The molecule has 0 aliphatic carbocycles. The summed E-state index contributed by atoms with van der Waals surface area (Å²) in [7, 11) is -7.92. The monoisotopic (exact) mass is 308 g/mol. The molecule has 0 bridgehead atoms. The van der Waals surface area contributed by atoms with Gasteiger partial charge in [0.2, 0.25) is 20.0 Å². The van der Waals surface area contributed by atoms with Gasteiger partial charge in [0.15, 0.2) is 0 Å². The third kappa shape index (κ3) is 4.25. The standard InChI is InChI=1S/C10H16N2O5S2/c1-10(2,7-13)12-19(16,17)9-5-3-4-8(6-9)18(11,14)15/h3-6,12-13H,7H2,1-2H3,(H2,11,14,15). The van der Waals surface area contributed by atoms with E-state index in [-0.39, 0.29) is 9.79 Å². The summed E-state index contributed by atoms with van der Waals surface area (Å²) >= 11 is 0. The summed E-state index contributed by atoms with van der Waals surface area (Å²) in [5.74, 6) is 0. The minimum atomic E-state index is -3.98. The Morgan fingerprint density at radius 2 is 1.74 bits per heavy atom. The van der Waals surface area contributed by atoms with Crippen LogP contribution in [0.25, 0.3) is 0 Å². The highest BCUT2D eigenvalue weighted by atomic mass is 32.2. The Bertz CT molecular complexity index is 665. The lowest BCUT2D eigenvalue weighted by atomic mass is 10.1. The summed E-state index contributed by atoms with van der Waals surface area (Å²) in [5.41, 5.74) is -1.06.